The van der Waals surface area contributed by atoms with Crippen LogP contribution in [0.2, 0.25) is 0 Å². The van der Waals surface area contributed by atoms with Gasteiger partial charge in [0.15, 0.2) is 0 Å². The summed E-state index contributed by atoms with van der Waals surface area (Å²) in [6, 6.07) is 6.89. The van der Waals surface area contributed by atoms with E-state index >= 15 is 0 Å². The van der Waals surface area contributed by atoms with Crippen molar-refractivity contribution < 1.29 is 8.42 Å². The molecule has 0 amide bonds. The first kappa shape index (κ1) is 15.5. The van der Waals surface area contributed by atoms with Crippen LogP contribution in [0.4, 0.5) is 5.69 Å². The predicted molar refractivity (Wildman–Crippen MR) is 86.3 cm³/mol. The van der Waals surface area contributed by atoms with Crippen molar-refractivity contribution >= 4 is 43.0 Å². The van der Waals surface area contributed by atoms with E-state index in [-0.39, 0.29) is 10.6 Å². The highest BCUT2D eigenvalue weighted by molar-refractivity contribution is 9.10. The molecule has 108 valence electrons. The van der Waals surface area contributed by atoms with Gasteiger partial charge >= 0.3 is 0 Å². The molecule has 20 heavy (non-hydrogen) atoms. The van der Waals surface area contributed by atoms with Crippen LogP contribution in [0, 0.1) is 6.92 Å². The van der Waals surface area contributed by atoms with Gasteiger partial charge in [-0.1, -0.05) is 6.07 Å². The first-order valence-corrected chi connectivity index (χ1v) is 8.97. The number of sulfonamides is 1. The molecule has 2 aromatic rings. The minimum atomic E-state index is -3.58. The fraction of sp³-hybridized carbons (Fsp3) is 0.231. The lowest BCUT2D eigenvalue weighted by molar-refractivity contribution is 0.470. The van der Waals surface area contributed by atoms with E-state index in [1.54, 1.807) is 25.2 Å². The maximum absolute atomic E-state index is 12.5. The van der Waals surface area contributed by atoms with Crippen molar-refractivity contribution in [2.24, 2.45) is 0 Å². The summed E-state index contributed by atoms with van der Waals surface area (Å²) in [5.41, 5.74) is 7.05. The summed E-state index contributed by atoms with van der Waals surface area (Å²) in [5, 5.41) is 1.93. The number of hydrogen-bond donors (Lipinski definition) is 1. The second kappa shape index (κ2) is 5.85. The van der Waals surface area contributed by atoms with Gasteiger partial charge in [-0.2, -0.15) is 4.31 Å². The zero-order valence-electron chi connectivity index (χ0n) is 11.1. The van der Waals surface area contributed by atoms with Crippen molar-refractivity contribution in [1.82, 2.24) is 4.31 Å². The van der Waals surface area contributed by atoms with Crippen LogP contribution in [-0.2, 0) is 16.6 Å². The van der Waals surface area contributed by atoms with Crippen LogP contribution in [0.15, 0.2) is 39.0 Å². The Balaban J connectivity index is 2.29. The number of nitrogens with two attached hydrogens (primary N) is 1. The van der Waals surface area contributed by atoms with E-state index in [1.165, 1.54) is 15.6 Å². The molecule has 0 bridgehead atoms. The molecule has 0 aliphatic carbocycles. The number of benzene rings is 1. The smallest absolute Gasteiger partial charge is 0.245 e. The fourth-order valence-corrected chi connectivity index (χ4v) is 4.64. The molecule has 0 fully saturated rings. The normalized spacial score (nSPS) is 12.0. The predicted octanol–water partition coefficient (Wildman–Crippen LogP) is 3.22. The summed E-state index contributed by atoms with van der Waals surface area (Å²) in [5.74, 6) is 0. The molecule has 1 aromatic carbocycles. The first-order valence-electron chi connectivity index (χ1n) is 5.86. The summed E-state index contributed by atoms with van der Waals surface area (Å²) in [6.07, 6.45) is 0. The van der Waals surface area contributed by atoms with Gasteiger partial charge in [0, 0.05) is 28.3 Å². The molecule has 2 N–H and O–H groups in total. The molecule has 0 aliphatic heterocycles. The molecule has 0 aliphatic rings. The van der Waals surface area contributed by atoms with Gasteiger partial charge in [0.1, 0.15) is 4.90 Å². The van der Waals surface area contributed by atoms with Gasteiger partial charge in [-0.15, -0.1) is 11.3 Å². The van der Waals surface area contributed by atoms with E-state index < -0.39 is 10.0 Å². The number of hydrogen-bond acceptors (Lipinski definition) is 4. The Morgan fingerprint density at radius 2 is 2.05 bits per heavy atom. The molecule has 2 rings (SSSR count). The van der Waals surface area contributed by atoms with Gasteiger partial charge in [-0.3, -0.25) is 0 Å². The highest BCUT2D eigenvalue weighted by Crippen LogP contribution is 2.26. The Kier molecular flexibility index (Phi) is 4.53. The summed E-state index contributed by atoms with van der Waals surface area (Å²) in [7, 11) is -2.02. The SMILES string of the molecule is Cc1ccc(S(=O)(=O)N(C)Cc2cc(Br)cs2)c(N)c1. The van der Waals surface area contributed by atoms with Gasteiger partial charge < -0.3 is 5.73 Å². The molecule has 0 saturated heterocycles. The Morgan fingerprint density at radius 3 is 2.60 bits per heavy atom. The number of anilines is 1. The van der Waals surface area contributed by atoms with Crippen LogP contribution in [0.3, 0.4) is 0 Å². The van der Waals surface area contributed by atoms with E-state index in [1.807, 2.05) is 18.4 Å². The van der Waals surface area contributed by atoms with Gasteiger partial charge in [0.05, 0.1) is 5.69 Å². The van der Waals surface area contributed by atoms with Crippen molar-refractivity contribution in [2.45, 2.75) is 18.4 Å². The summed E-state index contributed by atoms with van der Waals surface area (Å²) >= 11 is 4.87. The molecular weight excluding hydrogens is 360 g/mol. The summed E-state index contributed by atoms with van der Waals surface area (Å²) in [4.78, 5) is 1.12. The fourth-order valence-electron chi connectivity index (χ4n) is 1.81. The minimum absolute atomic E-state index is 0.154. The lowest BCUT2D eigenvalue weighted by atomic mass is 10.2. The molecule has 7 heteroatoms. The van der Waals surface area contributed by atoms with E-state index in [0.29, 0.717) is 6.54 Å². The third-order valence-electron chi connectivity index (χ3n) is 2.85. The maximum Gasteiger partial charge on any atom is 0.245 e. The van der Waals surface area contributed by atoms with Crippen molar-refractivity contribution in [3.05, 3.63) is 44.6 Å². The van der Waals surface area contributed by atoms with E-state index in [9.17, 15) is 8.42 Å². The number of nitrogen functional groups attached to an aromatic ring is 1. The average Bonchev–Trinajstić information content (AvgIpc) is 2.74. The molecule has 0 spiro atoms. The molecule has 1 aromatic heterocycles. The van der Waals surface area contributed by atoms with Crippen LogP contribution in [0.25, 0.3) is 0 Å². The zero-order chi connectivity index (χ0) is 14.9. The molecule has 0 atom stereocenters. The zero-order valence-corrected chi connectivity index (χ0v) is 14.3. The number of nitrogens with zero attached hydrogens (tertiary/aromatic N) is 1. The van der Waals surface area contributed by atoms with Crippen molar-refractivity contribution in [3.63, 3.8) is 0 Å². The maximum atomic E-state index is 12.5. The van der Waals surface area contributed by atoms with Gasteiger partial charge in [0.25, 0.3) is 0 Å². The number of thiophene rings is 1. The highest BCUT2D eigenvalue weighted by atomic mass is 79.9. The van der Waals surface area contributed by atoms with Crippen LogP contribution in [0.5, 0.6) is 0 Å². The largest absolute Gasteiger partial charge is 0.398 e. The highest BCUT2D eigenvalue weighted by Gasteiger charge is 2.23. The second-order valence-corrected chi connectivity index (χ2v) is 8.46. The van der Waals surface area contributed by atoms with Crippen LogP contribution < -0.4 is 5.73 Å². The molecule has 0 radical (unpaired) electrons. The number of halogens is 1. The minimum Gasteiger partial charge on any atom is -0.398 e. The lowest BCUT2D eigenvalue weighted by Gasteiger charge is -2.17. The van der Waals surface area contributed by atoms with Gasteiger partial charge in [-0.05, 0) is 46.6 Å². The molecule has 1 heterocycles. The third kappa shape index (κ3) is 3.22. The monoisotopic (exact) mass is 374 g/mol. The van der Waals surface area contributed by atoms with Crippen molar-refractivity contribution in [1.29, 1.82) is 0 Å². The molecule has 4 nitrogen and oxygen atoms in total. The summed E-state index contributed by atoms with van der Waals surface area (Å²) in [6.45, 7) is 2.20. The Bertz CT molecular complexity index is 726. The van der Waals surface area contributed by atoms with Crippen molar-refractivity contribution in [3.8, 4) is 0 Å². The summed E-state index contributed by atoms with van der Waals surface area (Å²) < 4.78 is 27.3. The molecule has 0 saturated carbocycles. The van der Waals surface area contributed by atoms with Crippen LogP contribution >= 0.6 is 27.3 Å². The van der Waals surface area contributed by atoms with Crippen LogP contribution in [-0.4, -0.2) is 19.8 Å². The van der Waals surface area contributed by atoms with E-state index in [0.717, 1.165) is 14.9 Å². The Labute approximate surface area is 131 Å². The molecular formula is C13H15BrN2O2S2. The molecule has 0 unspecified atom stereocenters. The number of rotatable bonds is 4. The number of aryl methyl sites for hydroxylation is 1. The quantitative estimate of drug-likeness (QED) is 0.835. The third-order valence-corrected chi connectivity index (χ3v) is 6.41. The average molecular weight is 375 g/mol. The Morgan fingerprint density at radius 1 is 1.35 bits per heavy atom. The van der Waals surface area contributed by atoms with E-state index in [2.05, 4.69) is 15.9 Å². The van der Waals surface area contributed by atoms with Crippen molar-refractivity contribution in [2.75, 3.05) is 12.8 Å². The van der Waals surface area contributed by atoms with E-state index in [4.69, 9.17) is 5.73 Å². The van der Waals surface area contributed by atoms with Crippen LogP contribution in [0.1, 0.15) is 10.4 Å². The van der Waals surface area contributed by atoms with Gasteiger partial charge in [-0.25, -0.2) is 8.42 Å². The standard InChI is InChI=1S/C13H15BrN2O2S2/c1-9-3-4-13(12(15)5-9)20(17,18)16(2)7-11-6-10(14)8-19-11/h3-6,8H,7,15H2,1-2H3. The second-order valence-electron chi connectivity index (χ2n) is 4.53. The van der Waals surface area contributed by atoms with Gasteiger partial charge in [0.2, 0.25) is 10.0 Å². The Hall–Kier alpha value is -0.890. The first-order chi connectivity index (χ1) is 9.30. The lowest BCUT2D eigenvalue weighted by Crippen LogP contribution is -2.26. The topological polar surface area (TPSA) is 63.4 Å².